The van der Waals surface area contributed by atoms with E-state index in [1.165, 1.54) is 0 Å². The summed E-state index contributed by atoms with van der Waals surface area (Å²) in [4.78, 5) is 36.2. The van der Waals surface area contributed by atoms with Crippen molar-refractivity contribution in [2.45, 2.75) is 58.9 Å². The van der Waals surface area contributed by atoms with Gasteiger partial charge in [-0.3, -0.25) is 14.4 Å². The average Bonchev–Trinajstić information content (AvgIpc) is 3.11. The number of hydrogen-bond donors (Lipinski definition) is 3. The number of anilines is 2. The van der Waals surface area contributed by atoms with Crippen LogP contribution in [0.1, 0.15) is 51.5 Å². The van der Waals surface area contributed by atoms with Gasteiger partial charge < -0.3 is 16.0 Å². The lowest BCUT2D eigenvalue weighted by atomic mass is 10.1. The first-order chi connectivity index (χ1) is 11.9. The van der Waals surface area contributed by atoms with E-state index in [9.17, 15) is 14.4 Å². The van der Waals surface area contributed by atoms with Crippen molar-refractivity contribution in [1.29, 1.82) is 0 Å². The Kier molecular flexibility index (Phi) is 6.56. The van der Waals surface area contributed by atoms with E-state index in [2.05, 4.69) is 16.0 Å². The van der Waals surface area contributed by atoms with Crippen LogP contribution in [-0.2, 0) is 14.4 Å². The van der Waals surface area contributed by atoms with Crippen LogP contribution in [0.5, 0.6) is 0 Å². The summed E-state index contributed by atoms with van der Waals surface area (Å²) < 4.78 is 0. The van der Waals surface area contributed by atoms with Crippen molar-refractivity contribution in [3.8, 4) is 0 Å². The molecule has 0 aliphatic heterocycles. The molecule has 0 spiro atoms. The van der Waals surface area contributed by atoms with E-state index in [4.69, 9.17) is 0 Å². The lowest BCUT2D eigenvalue weighted by molar-refractivity contribution is -0.125. The van der Waals surface area contributed by atoms with Gasteiger partial charge in [-0.15, -0.1) is 0 Å². The molecule has 1 unspecified atom stereocenters. The summed E-state index contributed by atoms with van der Waals surface area (Å²) in [6.07, 6.45) is 4.33. The van der Waals surface area contributed by atoms with Gasteiger partial charge in [0.1, 0.15) is 6.04 Å². The number of rotatable bonds is 6. The molecule has 1 aromatic rings. The highest BCUT2D eigenvalue weighted by Gasteiger charge is 2.24. The van der Waals surface area contributed by atoms with Crippen LogP contribution in [0, 0.1) is 12.8 Å². The molecule has 0 bridgehead atoms. The van der Waals surface area contributed by atoms with Crippen molar-refractivity contribution < 1.29 is 14.4 Å². The van der Waals surface area contributed by atoms with Crippen molar-refractivity contribution in [2.75, 3.05) is 10.6 Å². The van der Waals surface area contributed by atoms with Gasteiger partial charge in [-0.05, 0) is 44.4 Å². The molecule has 0 radical (unpaired) electrons. The number of nitrogens with one attached hydrogen (secondary N) is 3. The maximum Gasteiger partial charge on any atom is 0.246 e. The summed E-state index contributed by atoms with van der Waals surface area (Å²) in [5, 5.41) is 8.37. The minimum atomic E-state index is -0.647. The van der Waals surface area contributed by atoms with Gasteiger partial charge in [0.15, 0.2) is 0 Å². The molecule has 0 saturated heterocycles. The molecular weight excluding hydrogens is 318 g/mol. The van der Waals surface area contributed by atoms with Crippen LogP contribution >= 0.6 is 0 Å². The topological polar surface area (TPSA) is 87.3 Å². The zero-order valence-electron chi connectivity index (χ0n) is 15.1. The maximum atomic E-state index is 12.4. The minimum Gasteiger partial charge on any atom is -0.345 e. The van der Waals surface area contributed by atoms with Gasteiger partial charge in [0.05, 0.1) is 11.4 Å². The van der Waals surface area contributed by atoms with E-state index in [1.54, 1.807) is 19.9 Å². The third kappa shape index (κ3) is 5.31. The molecule has 6 nitrogen and oxygen atoms in total. The molecule has 1 aromatic carbocycles. The Hall–Kier alpha value is -2.37. The molecule has 2 rings (SSSR count). The predicted molar refractivity (Wildman–Crippen MR) is 98.3 cm³/mol. The Labute approximate surface area is 148 Å². The summed E-state index contributed by atoms with van der Waals surface area (Å²) in [6.45, 7) is 5.28. The van der Waals surface area contributed by atoms with Crippen LogP contribution in [0.25, 0.3) is 0 Å². The summed E-state index contributed by atoms with van der Waals surface area (Å²) in [6, 6.07) is 4.86. The highest BCUT2D eigenvalue weighted by atomic mass is 16.2. The summed E-state index contributed by atoms with van der Waals surface area (Å²) in [5.41, 5.74) is 2.11. The highest BCUT2D eigenvalue weighted by molar-refractivity contribution is 6.02. The van der Waals surface area contributed by atoms with Crippen molar-refractivity contribution >= 4 is 29.1 Å². The first-order valence-electron chi connectivity index (χ1n) is 8.92. The average molecular weight is 345 g/mol. The Bertz CT molecular complexity index is 651. The first-order valence-corrected chi connectivity index (χ1v) is 8.92. The van der Waals surface area contributed by atoms with Crippen molar-refractivity contribution in [2.24, 2.45) is 5.92 Å². The van der Waals surface area contributed by atoms with E-state index in [0.717, 1.165) is 31.2 Å². The molecule has 136 valence electrons. The Morgan fingerprint density at radius 1 is 1.12 bits per heavy atom. The zero-order valence-corrected chi connectivity index (χ0v) is 15.1. The molecule has 1 aliphatic rings. The third-order valence-corrected chi connectivity index (χ3v) is 4.51. The van der Waals surface area contributed by atoms with Gasteiger partial charge in [0, 0.05) is 12.3 Å². The quantitative estimate of drug-likeness (QED) is 0.741. The zero-order chi connectivity index (χ0) is 18.4. The Balaban J connectivity index is 2.08. The number of carbonyl (C=O) groups is 3. The van der Waals surface area contributed by atoms with Crippen molar-refractivity contribution in [1.82, 2.24) is 5.32 Å². The molecule has 3 N–H and O–H groups in total. The van der Waals surface area contributed by atoms with Gasteiger partial charge in [0.2, 0.25) is 17.7 Å². The van der Waals surface area contributed by atoms with Crippen molar-refractivity contribution in [3.63, 3.8) is 0 Å². The number of carbonyl (C=O) groups excluding carboxylic acids is 3. The molecule has 1 aliphatic carbocycles. The molecule has 1 fully saturated rings. The SMILES string of the molecule is CCC(=O)NC(C)C(=O)Nc1cc(C)ccc1NC(=O)C1CCCC1. The number of aryl methyl sites for hydroxylation is 1. The van der Waals surface area contributed by atoms with Crippen LogP contribution in [0.2, 0.25) is 0 Å². The minimum absolute atomic E-state index is 0.00388. The van der Waals surface area contributed by atoms with E-state index in [1.807, 2.05) is 19.1 Å². The molecule has 25 heavy (non-hydrogen) atoms. The standard InChI is InChI=1S/C19H27N3O3/c1-4-17(23)20-13(3)18(24)22-16-11-12(2)9-10-15(16)21-19(25)14-7-5-6-8-14/h9-11,13-14H,4-8H2,1-3H3,(H,20,23)(H,21,25)(H,22,24). The molecule has 3 amide bonds. The second-order valence-corrected chi connectivity index (χ2v) is 6.65. The van der Waals surface area contributed by atoms with Gasteiger partial charge >= 0.3 is 0 Å². The molecule has 0 aromatic heterocycles. The van der Waals surface area contributed by atoms with Crippen molar-refractivity contribution in [3.05, 3.63) is 23.8 Å². The first kappa shape index (κ1) is 19.0. The second-order valence-electron chi connectivity index (χ2n) is 6.65. The number of benzene rings is 1. The van der Waals surface area contributed by atoms with Gasteiger partial charge in [-0.2, -0.15) is 0 Å². The maximum absolute atomic E-state index is 12.4. The summed E-state index contributed by atoms with van der Waals surface area (Å²) >= 11 is 0. The second kappa shape index (κ2) is 8.65. The fraction of sp³-hybridized carbons (Fsp3) is 0.526. The van der Waals surface area contributed by atoms with E-state index in [-0.39, 0.29) is 23.6 Å². The fourth-order valence-electron chi connectivity index (χ4n) is 2.94. The van der Waals surface area contributed by atoms with Crippen LogP contribution in [0.4, 0.5) is 11.4 Å². The van der Waals surface area contributed by atoms with Crippen LogP contribution in [0.15, 0.2) is 18.2 Å². The molecule has 0 heterocycles. The lowest BCUT2D eigenvalue weighted by Crippen LogP contribution is -2.41. The number of hydrogen-bond acceptors (Lipinski definition) is 3. The van der Waals surface area contributed by atoms with E-state index < -0.39 is 6.04 Å². The molecule has 1 atom stereocenters. The Morgan fingerprint density at radius 3 is 2.44 bits per heavy atom. The van der Waals surface area contributed by atoms with Gasteiger partial charge in [-0.1, -0.05) is 25.8 Å². The van der Waals surface area contributed by atoms with Gasteiger partial charge in [-0.25, -0.2) is 0 Å². The number of amides is 3. The van der Waals surface area contributed by atoms with Gasteiger partial charge in [0.25, 0.3) is 0 Å². The summed E-state index contributed by atoms with van der Waals surface area (Å²) in [7, 11) is 0. The van der Waals surface area contributed by atoms with Crippen LogP contribution in [0.3, 0.4) is 0 Å². The third-order valence-electron chi connectivity index (χ3n) is 4.51. The van der Waals surface area contributed by atoms with Crippen LogP contribution in [-0.4, -0.2) is 23.8 Å². The highest BCUT2D eigenvalue weighted by Crippen LogP contribution is 2.28. The van der Waals surface area contributed by atoms with Crippen LogP contribution < -0.4 is 16.0 Å². The molecule has 6 heteroatoms. The predicted octanol–water partition coefficient (Wildman–Crippen LogP) is 2.98. The normalized spacial score (nSPS) is 15.5. The largest absolute Gasteiger partial charge is 0.345 e. The lowest BCUT2D eigenvalue weighted by Gasteiger charge is -2.18. The smallest absolute Gasteiger partial charge is 0.246 e. The summed E-state index contributed by atoms with van der Waals surface area (Å²) in [5.74, 6) is -0.442. The van der Waals surface area contributed by atoms with E-state index in [0.29, 0.717) is 17.8 Å². The fourth-order valence-corrected chi connectivity index (χ4v) is 2.94. The monoisotopic (exact) mass is 345 g/mol. The molecule has 1 saturated carbocycles. The van der Waals surface area contributed by atoms with E-state index >= 15 is 0 Å². The molecular formula is C19H27N3O3. The Morgan fingerprint density at radius 2 is 1.80 bits per heavy atom.